The summed E-state index contributed by atoms with van der Waals surface area (Å²) in [7, 11) is 4.98. The fourth-order valence-corrected chi connectivity index (χ4v) is 3.06. The SMILES string of the molecule is CCc1nc(C(N)=O)c(Nc2cc(F)cc(OCCCNC(=O)C(C)OC(=O)NC)c2)nc1N(C)C. The van der Waals surface area contributed by atoms with Gasteiger partial charge >= 0.3 is 6.09 Å². The highest BCUT2D eigenvalue weighted by Gasteiger charge is 2.19. The van der Waals surface area contributed by atoms with Crippen LogP contribution in [-0.2, 0) is 16.0 Å². The van der Waals surface area contributed by atoms with Gasteiger partial charge in [-0.1, -0.05) is 6.92 Å². The zero-order chi connectivity index (χ0) is 26.8. The highest BCUT2D eigenvalue weighted by atomic mass is 19.1. The minimum absolute atomic E-state index is 0.0606. The summed E-state index contributed by atoms with van der Waals surface area (Å²) >= 11 is 0. The zero-order valence-corrected chi connectivity index (χ0v) is 21.0. The van der Waals surface area contributed by atoms with Crippen molar-refractivity contribution in [1.82, 2.24) is 20.6 Å². The third-order valence-electron chi connectivity index (χ3n) is 4.82. The number of nitrogens with one attached hydrogen (secondary N) is 3. The van der Waals surface area contributed by atoms with Crippen molar-refractivity contribution in [2.45, 2.75) is 32.8 Å². The van der Waals surface area contributed by atoms with E-state index in [4.69, 9.17) is 15.2 Å². The van der Waals surface area contributed by atoms with Crippen molar-refractivity contribution in [3.8, 4) is 5.75 Å². The summed E-state index contributed by atoms with van der Waals surface area (Å²) in [6, 6.07) is 3.96. The van der Waals surface area contributed by atoms with Gasteiger partial charge in [0.05, 0.1) is 12.3 Å². The van der Waals surface area contributed by atoms with E-state index in [1.54, 1.807) is 19.0 Å². The number of alkyl carbamates (subject to hydrolysis) is 1. The Morgan fingerprint density at radius 1 is 1.19 bits per heavy atom. The van der Waals surface area contributed by atoms with Crippen LogP contribution in [0.4, 0.5) is 26.5 Å². The van der Waals surface area contributed by atoms with Gasteiger partial charge in [0.25, 0.3) is 11.8 Å². The number of ether oxygens (including phenoxy) is 2. The number of nitrogens with two attached hydrogens (primary N) is 1. The van der Waals surface area contributed by atoms with E-state index in [9.17, 15) is 18.8 Å². The van der Waals surface area contributed by atoms with Gasteiger partial charge in [0.1, 0.15) is 11.6 Å². The molecule has 0 saturated carbocycles. The van der Waals surface area contributed by atoms with E-state index in [-0.39, 0.29) is 36.1 Å². The van der Waals surface area contributed by atoms with E-state index in [2.05, 4.69) is 25.9 Å². The average molecular weight is 506 g/mol. The lowest BCUT2D eigenvalue weighted by atomic mass is 10.2. The molecular formula is C23H32FN7O5. The molecule has 0 aliphatic carbocycles. The third-order valence-corrected chi connectivity index (χ3v) is 4.82. The third kappa shape index (κ3) is 7.96. The summed E-state index contributed by atoms with van der Waals surface area (Å²) < 4.78 is 24.7. The van der Waals surface area contributed by atoms with E-state index in [0.717, 1.165) is 0 Å². The molecule has 1 aromatic heterocycles. The molecule has 2 rings (SSSR count). The monoisotopic (exact) mass is 505 g/mol. The molecule has 0 radical (unpaired) electrons. The molecule has 1 heterocycles. The number of anilines is 3. The van der Waals surface area contributed by atoms with Crippen LogP contribution in [0, 0.1) is 5.82 Å². The fraction of sp³-hybridized carbons (Fsp3) is 0.435. The molecule has 3 amide bonds. The summed E-state index contributed by atoms with van der Waals surface area (Å²) in [4.78, 5) is 45.6. The molecule has 0 saturated heterocycles. The second-order valence-corrected chi connectivity index (χ2v) is 7.89. The topological polar surface area (TPSA) is 161 Å². The second kappa shape index (κ2) is 13.1. The van der Waals surface area contributed by atoms with Crippen molar-refractivity contribution in [2.75, 3.05) is 44.5 Å². The quantitative estimate of drug-likeness (QED) is 0.315. The fourth-order valence-electron chi connectivity index (χ4n) is 3.06. The number of carbonyl (C=O) groups is 3. The molecule has 1 aromatic carbocycles. The number of hydrogen-bond acceptors (Lipinski definition) is 9. The Bertz CT molecular complexity index is 1100. The Hall–Kier alpha value is -4.16. The highest BCUT2D eigenvalue weighted by Crippen LogP contribution is 2.27. The number of aromatic nitrogens is 2. The van der Waals surface area contributed by atoms with Gasteiger partial charge < -0.3 is 36.1 Å². The van der Waals surface area contributed by atoms with Gasteiger partial charge in [0.15, 0.2) is 23.4 Å². The predicted octanol–water partition coefficient (Wildman–Crippen LogP) is 1.72. The van der Waals surface area contributed by atoms with E-state index in [1.807, 2.05) is 6.92 Å². The number of benzene rings is 1. The number of aryl methyl sites for hydroxylation is 1. The van der Waals surface area contributed by atoms with Gasteiger partial charge in [0, 0.05) is 45.5 Å². The molecule has 0 fully saturated rings. The number of primary amides is 1. The lowest BCUT2D eigenvalue weighted by Crippen LogP contribution is -2.38. The Kier molecular flexibility index (Phi) is 10.2. The first-order chi connectivity index (χ1) is 17.0. The number of amides is 3. The van der Waals surface area contributed by atoms with Crippen LogP contribution in [0.15, 0.2) is 18.2 Å². The maximum absolute atomic E-state index is 14.3. The maximum atomic E-state index is 14.3. The molecule has 0 bridgehead atoms. The predicted molar refractivity (Wildman–Crippen MR) is 132 cm³/mol. The van der Waals surface area contributed by atoms with Gasteiger partial charge in [-0.15, -0.1) is 0 Å². The molecule has 196 valence electrons. The first-order valence-corrected chi connectivity index (χ1v) is 11.3. The van der Waals surface area contributed by atoms with Crippen LogP contribution in [-0.4, -0.2) is 68.3 Å². The standard InChI is InChI=1S/C23H32FN7O5/c1-6-17-21(31(4)5)30-20(18(29-17)19(25)32)28-15-10-14(24)11-16(12-15)35-9-7-8-27-22(33)13(2)36-23(34)26-3/h10-13H,6-9H2,1-5H3,(H2,25,32)(H,26,34)(H,27,33)(H,28,30). The van der Waals surface area contributed by atoms with Crippen molar-refractivity contribution in [3.05, 3.63) is 35.4 Å². The smallest absolute Gasteiger partial charge is 0.407 e. The Morgan fingerprint density at radius 2 is 1.92 bits per heavy atom. The van der Waals surface area contributed by atoms with Crippen LogP contribution >= 0.6 is 0 Å². The normalized spacial score (nSPS) is 11.3. The Morgan fingerprint density at radius 3 is 2.53 bits per heavy atom. The van der Waals surface area contributed by atoms with Gasteiger partial charge in [-0.25, -0.2) is 19.2 Å². The van der Waals surface area contributed by atoms with Crippen molar-refractivity contribution in [2.24, 2.45) is 5.73 Å². The van der Waals surface area contributed by atoms with Gasteiger partial charge in [-0.05, 0) is 25.8 Å². The first kappa shape index (κ1) is 28.1. The van der Waals surface area contributed by atoms with Crippen LogP contribution in [0.25, 0.3) is 0 Å². The minimum atomic E-state index is -0.949. The highest BCUT2D eigenvalue weighted by molar-refractivity contribution is 5.96. The number of nitrogens with zero attached hydrogens (tertiary/aromatic N) is 3. The molecule has 1 unspecified atom stereocenters. The molecule has 1 atom stereocenters. The summed E-state index contributed by atoms with van der Waals surface area (Å²) in [5, 5.41) is 7.79. The summed E-state index contributed by atoms with van der Waals surface area (Å²) in [6.45, 7) is 3.77. The van der Waals surface area contributed by atoms with Crippen LogP contribution in [0.5, 0.6) is 5.75 Å². The van der Waals surface area contributed by atoms with Gasteiger partial charge in [0.2, 0.25) is 0 Å². The molecule has 0 aliphatic rings. The molecule has 2 aromatic rings. The van der Waals surface area contributed by atoms with E-state index in [0.29, 0.717) is 24.4 Å². The van der Waals surface area contributed by atoms with Crippen molar-refractivity contribution < 1.29 is 28.2 Å². The number of halogens is 1. The number of hydrogen-bond donors (Lipinski definition) is 4. The molecule has 0 spiro atoms. The molecular weight excluding hydrogens is 473 g/mol. The van der Waals surface area contributed by atoms with Crippen LogP contribution in [0.1, 0.15) is 36.5 Å². The van der Waals surface area contributed by atoms with Crippen molar-refractivity contribution in [3.63, 3.8) is 0 Å². The van der Waals surface area contributed by atoms with Crippen molar-refractivity contribution in [1.29, 1.82) is 0 Å². The Balaban J connectivity index is 2.03. The maximum Gasteiger partial charge on any atom is 0.407 e. The van der Waals surface area contributed by atoms with Gasteiger partial charge in [-0.2, -0.15) is 0 Å². The molecule has 5 N–H and O–H groups in total. The summed E-state index contributed by atoms with van der Waals surface area (Å²) in [5.41, 5.74) is 6.31. The second-order valence-electron chi connectivity index (χ2n) is 7.89. The molecule has 36 heavy (non-hydrogen) atoms. The Labute approximate surface area is 208 Å². The van der Waals surface area contributed by atoms with Crippen LogP contribution < -0.4 is 31.3 Å². The minimum Gasteiger partial charge on any atom is -0.493 e. The van der Waals surface area contributed by atoms with E-state index < -0.39 is 29.8 Å². The molecule has 0 aliphatic heterocycles. The number of carbonyl (C=O) groups excluding carboxylic acids is 3. The zero-order valence-electron chi connectivity index (χ0n) is 21.0. The number of rotatable bonds is 12. The van der Waals surface area contributed by atoms with Crippen LogP contribution in [0.2, 0.25) is 0 Å². The average Bonchev–Trinajstić information content (AvgIpc) is 2.82. The molecule has 12 nitrogen and oxygen atoms in total. The summed E-state index contributed by atoms with van der Waals surface area (Å²) in [5.74, 6) is -0.920. The van der Waals surface area contributed by atoms with E-state index >= 15 is 0 Å². The first-order valence-electron chi connectivity index (χ1n) is 11.3. The summed E-state index contributed by atoms with van der Waals surface area (Å²) in [6.07, 6.45) is -0.695. The largest absolute Gasteiger partial charge is 0.493 e. The lowest BCUT2D eigenvalue weighted by Gasteiger charge is -2.18. The van der Waals surface area contributed by atoms with Crippen LogP contribution in [0.3, 0.4) is 0 Å². The lowest BCUT2D eigenvalue weighted by molar-refractivity contribution is -0.128. The van der Waals surface area contributed by atoms with Gasteiger partial charge in [-0.3, -0.25) is 9.59 Å². The van der Waals surface area contributed by atoms with E-state index in [1.165, 1.54) is 32.2 Å². The van der Waals surface area contributed by atoms with Crippen molar-refractivity contribution >= 4 is 35.2 Å². The molecule has 13 heteroatoms.